The number of hydrogen-bond acceptors (Lipinski definition) is 5. The zero-order chi connectivity index (χ0) is 13.4. The van der Waals surface area contributed by atoms with Crippen molar-refractivity contribution in [3.05, 3.63) is 11.4 Å². The molecule has 3 aliphatic rings. The third-order valence-electron chi connectivity index (χ3n) is 3.94. The largest absolute Gasteiger partial charge is 0.385 e. The van der Waals surface area contributed by atoms with Crippen LogP contribution in [0, 0.1) is 5.92 Å². The fourth-order valence-corrected chi connectivity index (χ4v) is 2.59. The number of hydrogen-bond donors (Lipinski definition) is 1. The smallest absolute Gasteiger partial charge is 0.260 e. The van der Waals surface area contributed by atoms with Crippen LogP contribution in [0.5, 0.6) is 0 Å². The molecule has 3 fully saturated rings. The second-order valence-corrected chi connectivity index (χ2v) is 5.28. The Morgan fingerprint density at radius 2 is 1.89 bits per heavy atom. The summed E-state index contributed by atoms with van der Waals surface area (Å²) >= 11 is 0. The quantitative estimate of drug-likeness (QED) is 0.546. The summed E-state index contributed by atoms with van der Waals surface area (Å²) in [4.78, 5) is 27.6. The second-order valence-electron chi connectivity index (χ2n) is 5.28. The molecule has 1 saturated carbocycles. The average Bonchev–Trinajstić information content (AvgIpc) is 3.22. The lowest BCUT2D eigenvalue weighted by atomic mass is 10.2. The zero-order valence-corrected chi connectivity index (χ0v) is 10.9. The van der Waals surface area contributed by atoms with Crippen LogP contribution in [-0.4, -0.2) is 54.5 Å². The highest BCUT2D eigenvalue weighted by atomic mass is 16.5. The monoisotopic (exact) mass is 265 g/mol. The molecule has 6 heteroatoms. The lowest BCUT2D eigenvalue weighted by Gasteiger charge is -2.29. The third-order valence-corrected chi connectivity index (χ3v) is 3.94. The van der Waals surface area contributed by atoms with Gasteiger partial charge in [0, 0.05) is 25.6 Å². The minimum absolute atomic E-state index is 0.0187. The van der Waals surface area contributed by atoms with Crippen molar-refractivity contribution in [2.75, 3.05) is 32.8 Å². The van der Waals surface area contributed by atoms with Crippen LogP contribution in [0.3, 0.4) is 0 Å². The lowest BCUT2D eigenvalue weighted by Crippen LogP contribution is -2.40. The summed E-state index contributed by atoms with van der Waals surface area (Å²) in [7, 11) is 0. The number of carbonyl (C=O) groups excluding carboxylic acids is 2. The number of ether oxygens (including phenoxy) is 1. The molecule has 0 aromatic carbocycles. The molecule has 0 spiro atoms. The van der Waals surface area contributed by atoms with Gasteiger partial charge in [0.2, 0.25) is 5.91 Å². The number of rotatable bonds is 2. The Balaban J connectivity index is 1.74. The molecule has 0 aromatic rings. The fourth-order valence-electron chi connectivity index (χ4n) is 2.59. The molecule has 0 unspecified atom stereocenters. The van der Waals surface area contributed by atoms with Gasteiger partial charge in [-0.3, -0.25) is 14.5 Å². The second kappa shape index (κ2) is 4.85. The number of amides is 2. The van der Waals surface area contributed by atoms with E-state index in [0.29, 0.717) is 50.7 Å². The standard InChI is InChI=1S/C13H19N3O3/c14-11(15-5-7-19-8-6-15)10-3-4-16(13(10)18)12(17)9-1-2-9/h9H,1-8,14H2/b11-10+. The Hall–Kier alpha value is -1.56. The van der Waals surface area contributed by atoms with Crippen molar-refractivity contribution in [3.63, 3.8) is 0 Å². The van der Waals surface area contributed by atoms with E-state index in [1.165, 1.54) is 4.90 Å². The number of likely N-dealkylation sites (tertiary alicyclic amines) is 1. The number of nitrogens with two attached hydrogens (primary N) is 1. The van der Waals surface area contributed by atoms with Gasteiger partial charge >= 0.3 is 0 Å². The molecule has 3 rings (SSSR count). The van der Waals surface area contributed by atoms with E-state index in [2.05, 4.69) is 0 Å². The van der Waals surface area contributed by atoms with Crippen molar-refractivity contribution in [2.24, 2.45) is 11.7 Å². The first-order valence-electron chi connectivity index (χ1n) is 6.85. The van der Waals surface area contributed by atoms with Crippen LogP contribution in [0.4, 0.5) is 0 Å². The summed E-state index contributed by atoms with van der Waals surface area (Å²) in [6.45, 7) is 3.16. The van der Waals surface area contributed by atoms with E-state index in [1.807, 2.05) is 4.90 Å². The molecule has 1 aliphatic carbocycles. The zero-order valence-electron chi connectivity index (χ0n) is 10.9. The van der Waals surface area contributed by atoms with Crippen molar-refractivity contribution in [2.45, 2.75) is 19.3 Å². The summed E-state index contributed by atoms with van der Waals surface area (Å²) in [6.07, 6.45) is 2.40. The van der Waals surface area contributed by atoms with Crippen molar-refractivity contribution in [1.82, 2.24) is 9.80 Å². The molecule has 2 amide bonds. The number of nitrogens with zero attached hydrogens (tertiary/aromatic N) is 2. The predicted octanol–water partition coefficient (Wildman–Crippen LogP) is -0.342. The number of imide groups is 1. The Morgan fingerprint density at radius 3 is 2.53 bits per heavy atom. The molecule has 19 heavy (non-hydrogen) atoms. The highest BCUT2D eigenvalue weighted by Gasteiger charge is 2.40. The van der Waals surface area contributed by atoms with Crippen molar-refractivity contribution in [1.29, 1.82) is 0 Å². The maximum Gasteiger partial charge on any atom is 0.260 e. The van der Waals surface area contributed by atoms with Gasteiger partial charge in [-0.2, -0.15) is 0 Å². The lowest BCUT2D eigenvalue weighted by molar-refractivity contribution is -0.141. The van der Waals surface area contributed by atoms with Gasteiger partial charge in [0.05, 0.1) is 18.8 Å². The molecule has 2 N–H and O–H groups in total. The van der Waals surface area contributed by atoms with Gasteiger partial charge in [-0.05, 0) is 19.3 Å². The van der Waals surface area contributed by atoms with E-state index >= 15 is 0 Å². The average molecular weight is 265 g/mol. The van der Waals surface area contributed by atoms with Gasteiger partial charge < -0.3 is 15.4 Å². The van der Waals surface area contributed by atoms with Gasteiger partial charge in [0.15, 0.2) is 0 Å². The fraction of sp³-hybridized carbons (Fsp3) is 0.692. The Bertz CT molecular complexity index is 436. The first kappa shape index (κ1) is 12.5. The normalized spacial score (nSPS) is 26.8. The first-order valence-corrected chi connectivity index (χ1v) is 6.85. The highest BCUT2D eigenvalue weighted by Crippen LogP contribution is 2.33. The number of carbonyl (C=O) groups is 2. The molecule has 6 nitrogen and oxygen atoms in total. The summed E-state index contributed by atoms with van der Waals surface area (Å²) in [5, 5.41) is 0. The van der Waals surface area contributed by atoms with E-state index in [1.54, 1.807) is 0 Å². The SMILES string of the molecule is N/C(=C1/CCN(C(=O)C2CC2)C1=O)N1CCOCC1. The first-order chi connectivity index (χ1) is 9.18. The van der Waals surface area contributed by atoms with Crippen LogP contribution in [0.25, 0.3) is 0 Å². The molecule has 2 aliphatic heterocycles. The van der Waals surface area contributed by atoms with E-state index in [0.717, 1.165) is 12.8 Å². The van der Waals surface area contributed by atoms with Crippen LogP contribution in [-0.2, 0) is 14.3 Å². The minimum atomic E-state index is -0.194. The Kier molecular flexibility index (Phi) is 3.18. The topological polar surface area (TPSA) is 75.9 Å². The molecular formula is C13H19N3O3. The molecule has 0 bridgehead atoms. The molecular weight excluding hydrogens is 246 g/mol. The summed E-state index contributed by atoms with van der Waals surface area (Å²) in [6, 6.07) is 0. The van der Waals surface area contributed by atoms with E-state index in [4.69, 9.17) is 10.5 Å². The van der Waals surface area contributed by atoms with Crippen LogP contribution >= 0.6 is 0 Å². The van der Waals surface area contributed by atoms with Gasteiger partial charge in [-0.15, -0.1) is 0 Å². The number of morpholine rings is 1. The summed E-state index contributed by atoms with van der Waals surface area (Å²) < 4.78 is 5.27. The molecule has 0 atom stereocenters. The summed E-state index contributed by atoms with van der Waals surface area (Å²) in [5.41, 5.74) is 6.68. The van der Waals surface area contributed by atoms with Gasteiger partial charge in [0.25, 0.3) is 5.91 Å². The molecule has 104 valence electrons. The van der Waals surface area contributed by atoms with Crippen LogP contribution in [0.2, 0.25) is 0 Å². The van der Waals surface area contributed by atoms with Gasteiger partial charge in [0.1, 0.15) is 5.82 Å². The van der Waals surface area contributed by atoms with Crippen molar-refractivity contribution in [3.8, 4) is 0 Å². The predicted molar refractivity (Wildman–Crippen MR) is 67.7 cm³/mol. The summed E-state index contributed by atoms with van der Waals surface area (Å²) in [5.74, 6) is 0.392. The van der Waals surface area contributed by atoms with Gasteiger partial charge in [-0.25, -0.2) is 0 Å². The third kappa shape index (κ3) is 2.32. The molecule has 0 aromatic heterocycles. The molecule has 0 radical (unpaired) electrons. The maximum atomic E-state index is 12.3. The maximum absolute atomic E-state index is 12.3. The van der Waals surface area contributed by atoms with Crippen LogP contribution in [0.15, 0.2) is 11.4 Å². The minimum Gasteiger partial charge on any atom is -0.385 e. The van der Waals surface area contributed by atoms with E-state index in [-0.39, 0.29) is 17.7 Å². The van der Waals surface area contributed by atoms with Gasteiger partial charge in [-0.1, -0.05) is 0 Å². The van der Waals surface area contributed by atoms with E-state index in [9.17, 15) is 9.59 Å². The highest BCUT2D eigenvalue weighted by molar-refractivity contribution is 6.07. The van der Waals surface area contributed by atoms with Crippen molar-refractivity contribution < 1.29 is 14.3 Å². The Morgan fingerprint density at radius 1 is 1.21 bits per heavy atom. The van der Waals surface area contributed by atoms with Crippen LogP contribution in [0.1, 0.15) is 19.3 Å². The van der Waals surface area contributed by atoms with Crippen LogP contribution < -0.4 is 5.73 Å². The molecule has 2 saturated heterocycles. The van der Waals surface area contributed by atoms with Crippen molar-refractivity contribution >= 4 is 11.8 Å². The Labute approximate surface area is 112 Å². The molecule has 2 heterocycles. The van der Waals surface area contributed by atoms with E-state index < -0.39 is 0 Å².